The maximum atomic E-state index is 13.6. The molecule has 0 spiro atoms. The van der Waals surface area contributed by atoms with Crippen LogP contribution in [0.25, 0.3) is 0 Å². The zero-order valence-corrected chi connectivity index (χ0v) is 13.2. The fourth-order valence-electron chi connectivity index (χ4n) is 1.68. The van der Waals surface area contributed by atoms with Crippen LogP contribution in [0.1, 0.15) is 18.1 Å². The van der Waals surface area contributed by atoms with E-state index in [1.807, 2.05) is 42.1 Å². The molecule has 0 unspecified atom stereocenters. The van der Waals surface area contributed by atoms with E-state index in [0.29, 0.717) is 5.56 Å². The van der Waals surface area contributed by atoms with Gasteiger partial charge in [0.2, 0.25) is 0 Å². The van der Waals surface area contributed by atoms with Gasteiger partial charge in [0.05, 0.1) is 0 Å². The topological polar surface area (TPSA) is 13.1 Å². The summed E-state index contributed by atoms with van der Waals surface area (Å²) in [6.45, 7) is 5.12. The van der Waals surface area contributed by atoms with Gasteiger partial charge in [-0.3, -0.25) is 0 Å². The molecule has 0 atom stereocenters. The summed E-state index contributed by atoms with van der Waals surface area (Å²) in [4.78, 5) is 0. The molecular formula is C15H17FINO. The van der Waals surface area contributed by atoms with E-state index in [2.05, 4.69) is 6.92 Å². The second kappa shape index (κ2) is 7.43. The standard InChI is InChI=1S/C15H17FNO.HI/c1-3-17-8-6-14(7-9-17)18-11-13-5-4-12(2)10-15(13)16;/h4-10H,3,11H2,1-2H3;1H/q+1;/p-1. The number of aryl methyl sites for hydroxylation is 2. The molecule has 0 aliphatic heterocycles. The van der Waals surface area contributed by atoms with Crippen LogP contribution in [-0.2, 0) is 13.2 Å². The molecule has 2 rings (SSSR count). The van der Waals surface area contributed by atoms with Crippen LogP contribution in [0.3, 0.4) is 0 Å². The van der Waals surface area contributed by atoms with Gasteiger partial charge in [-0.25, -0.2) is 8.96 Å². The van der Waals surface area contributed by atoms with Gasteiger partial charge in [0.25, 0.3) is 0 Å². The van der Waals surface area contributed by atoms with Crippen LogP contribution >= 0.6 is 0 Å². The maximum Gasteiger partial charge on any atom is 0.172 e. The fraction of sp³-hybridized carbons (Fsp3) is 0.267. The minimum atomic E-state index is -0.213. The first-order valence-electron chi connectivity index (χ1n) is 6.06. The van der Waals surface area contributed by atoms with Crippen molar-refractivity contribution in [3.8, 4) is 5.75 Å². The lowest BCUT2D eigenvalue weighted by atomic mass is 10.1. The summed E-state index contributed by atoms with van der Waals surface area (Å²) in [5, 5.41) is 0. The van der Waals surface area contributed by atoms with Crippen LogP contribution in [0.4, 0.5) is 4.39 Å². The first kappa shape index (κ1) is 15.9. The average molecular weight is 373 g/mol. The molecule has 0 fully saturated rings. The second-order valence-corrected chi connectivity index (χ2v) is 4.25. The highest BCUT2D eigenvalue weighted by molar-refractivity contribution is 5.24. The number of pyridine rings is 1. The van der Waals surface area contributed by atoms with Crippen molar-refractivity contribution in [3.05, 3.63) is 59.7 Å². The molecule has 0 aliphatic rings. The number of hydrogen-bond donors (Lipinski definition) is 0. The third-order valence-corrected chi connectivity index (χ3v) is 2.83. The molecule has 1 aromatic carbocycles. The highest BCUT2D eigenvalue weighted by Gasteiger charge is 2.04. The molecule has 19 heavy (non-hydrogen) atoms. The van der Waals surface area contributed by atoms with E-state index < -0.39 is 0 Å². The Morgan fingerprint density at radius 1 is 1.16 bits per heavy atom. The maximum absolute atomic E-state index is 13.6. The molecule has 102 valence electrons. The number of aromatic nitrogens is 1. The summed E-state index contributed by atoms with van der Waals surface area (Å²) in [5.41, 5.74) is 1.49. The van der Waals surface area contributed by atoms with E-state index >= 15 is 0 Å². The van der Waals surface area contributed by atoms with Crippen molar-refractivity contribution in [2.75, 3.05) is 0 Å². The van der Waals surface area contributed by atoms with Gasteiger partial charge in [-0.15, -0.1) is 0 Å². The van der Waals surface area contributed by atoms with Gasteiger partial charge in [0.15, 0.2) is 12.4 Å². The molecule has 1 aromatic heterocycles. The summed E-state index contributed by atoms with van der Waals surface area (Å²) in [5.74, 6) is 0.536. The highest BCUT2D eigenvalue weighted by atomic mass is 127. The van der Waals surface area contributed by atoms with Crippen molar-refractivity contribution in [3.63, 3.8) is 0 Å². The first-order valence-corrected chi connectivity index (χ1v) is 6.06. The van der Waals surface area contributed by atoms with Crippen molar-refractivity contribution in [1.29, 1.82) is 0 Å². The molecule has 2 nitrogen and oxygen atoms in total. The molecular weight excluding hydrogens is 356 g/mol. The Labute approximate surface area is 130 Å². The lowest BCUT2D eigenvalue weighted by Crippen LogP contribution is -3.00. The number of benzene rings is 1. The van der Waals surface area contributed by atoms with Gasteiger partial charge in [-0.1, -0.05) is 12.1 Å². The summed E-state index contributed by atoms with van der Waals surface area (Å²) >= 11 is 0. The summed E-state index contributed by atoms with van der Waals surface area (Å²) in [6, 6.07) is 8.94. The van der Waals surface area contributed by atoms with E-state index in [-0.39, 0.29) is 36.4 Å². The smallest absolute Gasteiger partial charge is 0.172 e. The van der Waals surface area contributed by atoms with E-state index in [1.54, 1.807) is 6.07 Å². The van der Waals surface area contributed by atoms with Gasteiger partial charge in [0.1, 0.15) is 24.7 Å². The average Bonchev–Trinajstić information content (AvgIpc) is 2.38. The van der Waals surface area contributed by atoms with Gasteiger partial charge in [-0.2, -0.15) is 0 Å². The minimum absolute atomic E-state index is 0. The lowest BCUT2D eigenvalue weighted by molar-refractivity contribution is -0.693. The van der Waals surface area contributed by atoms with Gasteiger partial charge in [0, 0.05) is 17.7 Å². The SMILES string of the molecule is CC[n+]1ccc(OCc2ccc(C)cc2F)cc1.[I-]. The molecule has 0 amide bonds. The van der Waals surface area contributed by atoms with Crippen LogP contribution < -0.4 is 33.3 Å². The quantitative estimate of drug-likeness (QED) is 0.545. The van der Waals surface area contributed by atoms with E-state index in [0.717, 1.165) is 17.9 Å². The Bertz CT molecular complexity index is 528. The normalized spacial score (nSPS) is 9.84. The molecule has 0 bridgehead atoms. The van der Waals surface area contributed by atoms with Gasteiger partial charge < -0.3 is 28.7 Å². The van der Waals surface area contributed by atoms with Crippen molar-refractivity contribution in [1.82, 2.24) is 0 Å². The summed E-state index contributed by atoms with van der Waals surface area (Å²) in [6.07, 6.45) is 3.89. The molecule has 1 heterocycles. The Hall–Kier alpha value is -1.17. The van der Waals surface area contributed by atoms with Gasteiger partial charge in [-0.05, 0) is 25.5 Å². The van der Waals surface area contributed by atoms with Crippen LogP contribution in [-0.4, -0.2) is 0 Å². The van der Waals surface area contributed by atoms with Crippen LogP contribution in [0.15, 0.2) is 42.7 Å². The Morgan fingerprint density at radius 3 is 2.42 bits per heavy atom. The fourth-order valence-corrected chi connectivity index (χ4v) is 1.68. The number of nitrogens with zero attached hydrogens (tertiary/aromatic N) is 1. The summed E-state index contributed by atoms with van der Waals surface area (Å²) < 4.78 is 21.2. The molecule has 2 aromatic rings. The molecule has 0 N–H and O–H groups in total. The monoisotopic (exact) mass is 373 g/mol. The van der Waals surface area contributed by atoms with E-state index in [9.17, 15) is 4.39 Å². The van der Waals surface area contributed by atoms with Crippen molar-refractivity contribution >= 4 is 0 Å². The zero-order chi connectivity index (χ0) is 13.0. The third kappa shape index (κ3) is 4.45. The molecule has 0 saturated heterocycles. The molecule has 4 heteroatoms. The minimum Gasteiger partial charge on any atom is -1.00 e. The van der Waals surface area contributed by atoms with Crippen LogP contribution in [0.2, 0.25) is 0 Å². The Balaban J connectivity index is 0.00000180. The predicted molar refractivity (Wildman–Crippen MR) is 67.8 cm³/mol. The van der Waals surface area contributed by atoms with E-state index in [1.165, 1.54) is 6.07 Å². The number of hydrogen-bond acceptors (Lipinski definition) is 1. The van der Waals surface area contributed by atoms with Crippen molar-refractivity contribution < 1.29 is 37.7 Å². The zero-order valence-electron chi connectivity index (χ0n) is 11.1. The molecule has 0 aliphatic carbocycles. The van der Waals surface area contributed by atoms with Crippen LogP contribution in [0.5, 0.6) is 5.75 Å². The number of rotatable bonds is 4. The number of halogens is 2. The van der Waals surface area contributed by atoms with Crippen molar-refractivity contribution in [2.45, 2.75) is 27.0 Å². The van der Waals surface area contributed by atoms with E-state index in [4.69, 9.17) is 4.74 Å². The van der Waals surface area contributed by atoms with Crippen molar-refractivity contribution in [2.24, 2.45) is 0 Å². The molecule has 0 saturated carbocycles. The summed E-state index contributed by atoms with van der Waals surface area (Å²) in [7, 11) is 0. The largest absolute Gasteiger partial charge is 1.00 e. The second-order valence-electron chi connectivity index (χ2n) is 4.25. The third-order valence-electron chi connectivity index (χ3n) is 2.83. The molecule has 0 radical (unpaired) electrons. The lowest BCUT2D eigenvalue weighted by Gasteiger charge is -2.07. The number of ether oxygens (including phenoxy) is 1. The predicted octanol–water partition coefficient (Wildman–Crippen LogP) is 0.0245. The Kier molecular flexibility index (Phi) is 6.21. The van der Waals surface area contributed by atoms with Crippen LogP contribution in [0, 0.1) is 12.7 Å². The highest BCUT2D eigenvalue weighted by Crippen LogP contribution is 2.14. The Morgan fingerprint density at radius 2 is 1.84 bits per heavy atom. The first-order chi connectivity index (χ1) is 8.69. The van der Waals surface area contributed by atoms with Gasteiger partial charge >= 0.3 is 0 Å².